The van der Waals surface area contributed by atoms with Gasteiger partial charge in [0.25, 0.3) is 0 Å². The topological polar surface area (TPSA) is 35.5 Å². The first kappa shape index (κ1) is 15.1. The molecule has 3 heteroatoms. The number of fused-ring (bicyclic) bond motifs is 1. The van der Waals surface area contributed by atoms with E-state index in [2.05, 4.69) is 6.07 Å². The van der Waals surface area contributed by atoms with Crippen molar-refractivity contribution < 1.29 is 14.3 Å². The molecule has 0 saturated heterocycles. The summed E-state index contributed by atoms with van der Waals surface area (Å²) < 4.78 is 10.4. The first-order chi connectivity index (χ1) is 11.2. The summed E-state index contributed by atoms with van der Waals surface area (Å²) in [5.41, 5.74) is 2.46. The van der Waals surface area contributed by atoms with E-state index in [4.69, 9.17) is 9.47 Å². The van der Waals surface area contributed by atoms with Gasteiger partial charge in [-0.2, -0.15) is 0 Å². The number of ether oxygens (including phenoxy) is 2. The largest absolute Gasteiger partial charge is 0.497 e. The summed E-state index contributed by atoms with van der Waals surface area (Å²) in [6, 6.07) is 19.6. The molecular formula is C20H18O3. The minimum Gasteiger partial charge on any atom is -0.497 e. The molecule has 0 N–H and O–H groups in total. The van der Waals surface area contributed by atoms with Crippen molar-refractivity contribution in [3.05, 3.63) is 66.2 Å². The molecule has 0 unspecified atom stereocenters. The van der Waals surface area contributed by atoms with Crippen molar-refractivity contribution in [3.63, 3.8) is 0 Å². The van der Waals surface area contributed by atoms with E-state index in [-0.39, 0.29) is 5.97 Å². The first-order valence-electron chi connectivity index (χ1n) is 7.57. The molecule has 3 nitrogen and oxygen atoms in total. The second kappa shape index (κ2) is 6.53. The highest BCUT2D eigenvalue weighted by Crippen LogP contribution is 2.29. The molecule has 0 aliphatic heterocycles. The molecule has 0 aliphatic rings. The monoisotopic (exact) mass is 306 g/mol. The van der Waals surface area contributed by atoms with E-state index >= 15 is 0 Å². The average Bonchev–Trinajstić information content (AvgIpc) is 2.61. The summed E-state index contributed by atoms with van der Waals surface area (Å²) in [6.45, 7) is 2.18. The zero-order valence-electron chi connectivity index (χ0n) is 13.2. The number of hydrogen-bond donors (Lipinski definition) is 0. The molecule has 3 aromatic rings. The molecule has 0 bridgehead atoms. The normalized spacial score (nSPS) is 10.5. The van der Waals surface area contributed by atoms with E-state index in [1.807, 2.05) is 55.5 Å². The van der Waals surface area contributed by atoms with Crippen molar-refractivity contribution in [2.45, 2.75) is 6.92 Å². The molecular weight excluding hydrogens is 288 g/mol. The van der Waals surface area contributed by atoms with Crippen molar-refractivity contribution >= 4 is 16.7 Å². The van der Waals surface area contributed by atoms with Crippen LogP contribution in [0.1, 0.15) is 17.3 Å². The van der Waals surface area contributed by atoms with Gasteiger partial charge in [0.1, 0.15) is 5.75 Å². The van der Waals surface area contributed by atoms with E-state index in [1.165, 1.54) is 0 Å². The third-order valence-electron chi connectivity index (χ3n) is 3.78. The van der Waals surface area contributed by atoms with Crippen LogP contribution in [0, 0.1) is 0 Å². The molecule has 0 saturated carbocycles. The first-order valence-corrected chi connectivity index (χ1v) is 7.57. The second-order valence-electron chi connectivity index (χ2n) is 5.19. The molecule has 0 fully saturated rings. The van der Waals surface area contributed by atoms with Crippen LogP contribution in [-0.2, 0) is 4.74 Å². The molecule has 3 aromatic carbocycles. The summed E-state index contributed by atoms with van der Waals surface area (Å²) in [5.74, 6) is 0.537. The lowest BCUT2D eigenvalue weighted by molar-refractivity contribution is 0.0527. The molecule has 0 heterocycles. The average molecular weight is 306 g/mol. The summed E-state index contributed by atoms with van der Waals surface area (Å²) in [7, 11) is 1.66. The summed E-state index contributed by atoms with van der Waals surface area (Å²) >= 11 is 0. The SMILES string of the molecule is CCOC(=O)c1ccccc1-c1ccc2cc(OC)ccc2c1. The van der Waals surface area contributed by atoms with Crippen LogP contribution >= 0.6 is 0 Å². The van der Waals surface area contributed by atoms with Crippen molar-refractivity contribution in [1.82, 2.24) is 0 Å². The van der Waals surface area contributed by atoms with E-state index in [9.17, 15) is 4.79 Å². The third kappa shape index (κ3) is 3.04. The van der Waals surface area contributed by atoms with Gasteiger partial charge in [-0.25, -0.2) is 4.79 Å². The van der Waals surface area contributed by atoms with Gasteiger partial charge in [0.2, 0.25) is 0 Å². The van der Waals surface area contributed by atoms with Crippen LogP contribution in [0.3, 0.4) is 0 Å². The number of carbonyl (C=O) groups is 1. The van der Waals surface area contributed by atoms with Gasteiger partial charge in [0, 0.05) is 0 Å². The van der Waals surface area contributed by atoms with Gasteiger partial charge < -0.3 is 9.47 Å². The van der Waals surface area contributed by atoms with Crippen LogP contribution in [0.15, 0.2) is 60.7 Å². The molecule has 0 aliphatic carbocycles. The second-order valence-corrected chi connectivity index (χ2v) is 5.19. The molecule has 0 atom stereocenters. The predicted molar refractivity (Wildman–Crippen MR) is 91.9 cm³/mol. The fraction of sp³-hybridized carbons (Fsp3) is 0.150. The molecule has 0 amide bonds. The standard InChI is InChI=1S/C20H18O3/c1-3-23-20(21)19-7-5-4-6-18(19)16-9-8-15-13-17(22-2)11-10-14(15)12-16/h4-13H,3H2,1-2H3. The lowest BCUT2D eigenvalue weighted by Gasteiger charge is -2.10. The van der Waals surface area contributed by atoms with Crippen LogP contribution in [0.4, 0.5) is 0 Å². The number of carbonyl (C=O) groups excluding carboxylic acids is 1. The Balaban J connectivity index is 2.08. The fourth-order valence-electron chi connectivity index (χ4n) is 2.64. The summed E-state index contributed by atoms with van der Waals surface area (Å²) in [5, 5.41) is 2.20. The number of methoxy groups -OCH3 is 1. The molecule has 0 aromatic heterocycles. The van der Waals surface area contributed by atoms with Crippen LogP contribution in [-0.4, -0.2) is 19.7 Å². The van der Waals surface area contributed by atoms with Crippen molar-refractivity contribution in [2.75, 3.05) is 13.7 Å². The van der Waals surface area contributed by atoms with Gasteiger partial charge in [0.15, 0.2) is 0 Å². The number of hydrogen-bond acceptors (Lipinski definition) is 3. The predicted octanol–water partition coefficient (Wildman–Crippen LogP) is 4.69. The zero-order valence-corrected chi connectivity index (χ0v) is 13.2. The van der Waals surface area contributed by atoms with Crippen molar-refractivity contribution in [3.8, 4) is 16.9 Å². The van der Waals surface area contributed by atoms with Gasteiger partial charge in [-0.3, -0.25) is 0 Å². The zero-order chi connectivity index (χ0) is 16.2. The molecule has 3 rings (SSSR count). The van der Waals surface area contributed by atoms with Crippen LogP contribution in [0.2, 0.25) is 0 Å². The molecule has 0 radical (unpaired) electrons. The van der Waals surface area contributed by atoms with E-state index in [0.29, 0.717) is 12.2 Å². The quantitative estimate of drug-likeness (QED) is 0.656. The minimum atomic E-state index is -0.294. The third-order valence-corrected chi connectivity index (χ3v) is 3.78. The van der Waals surface area contributed by atoms with Gasteiger partial charge in [0.05, 0.1) is 19.3 Å². The fourth-order valence-corrected chi connectivity index (χ4v) is 2.64. The van der Waals surface area contributed by atoms with E-state index < -0.39 is 0 Å². The molecule has 0 spiro atoms. The van der Waals surface area contributed by atoms with Crippen LogP contribution in [0.5, 0.6) is 5.75 Å². The Bertz CT molecular complexity index is 852. The van der Waals surface area contributed by atoms with E-state index in [0.717, 1.165) is 27.6 Å². The van der Waals surface area contributed by atoms with Crippen molar-refractivity contribution in [1.29, 1.82) is 0 Å². The van der Waals surface area contributed by atoms with Crippen LogP contribution < -0.4 is 4.74 Å². The maximum absolute atomic E-state index is 12.1. The number of rotatable bonds is 4. The Morgan fingerprint density at radius 3 is 2.48 bits per heavy atom. The Morgan fingerprint density at radius 1 is 0.957 bits per heavy atom. The summed E-state index contributed by atoms with van der Waals surface area (Å²) in [6.07, 6.45) is 0. The minimum absolute atomic E-state index is 0.294. The Hall–Kier alpha value is -2.81. The maximum atomic E-state index is 12.1. The molecule has 23 heavy (non-hydrogen) atoms. The van der Waals surface area contributed by atoms with Crippen molar-refractivity contribution in [2.24, 2.45) is 0 Å². The van der Waals surface area contributed by atoms with Gasteiger partial charge in [-0.1, -0.05) is 36.4 Å². The molecule has 116 valence electrons. The highest BCUT2D eigenvalue weighted by molar-refractivity contribution is 5.99. The maximum Gasteiger partial charge on any atom is 0.338 e. The number of benzene rings is 3. The summed E-state index contributed by atoms with van der Waals surface area (Å²) in [4.78, 5) is 12.1. The number of esters is 1. The van der Waals surface area contributed by atoms with Crippen LogP contribution in [0.25, 0.3) is 21.9 Å². The smallest absolute Gasteiger partial charge is 0.338 e. The van der Waals surface area contributed by atoms with Gasteiger partial charge in [-0.15, -0.1) is 0 Å². The van der Waals surface area contributed by atoms with Gasteiger partial charge >= 0.3 is 5.97 Å². The Morgan fingerprint density at radius 2 is 1.70 bits per heavy atom. The lowest BCUT2D eigenvalue weighted by Crippen LogP contribution is -2.06. The van der Waals surface area contributed by atoms with E-state index in [1.54, 1.807) is 13.2 Å². The van der Waals surface area contributed by atoms with Gasteiger partial charge in [-0.05, 0) is 53.1 Å². The Labute approximate surface area is 135 Å². The lowest BCUT2D eigenvalue weighted by atomic mass is 9.97. The highest BCUT2D eigenvalue weighted by atomic mass is 16.5. The highest BCUT2D eigenvalue weighted by Gasteiger charge is 2.13. The Kier molecular flexibility index (Phi) is 4.29.